The van der Waals surface area contributed by atoms with Crippen LogP contribution in [0, 0.1) is 0 Å². The summed E-state index contributed by atoms with van der Waals surface area (Å²) in [6, 6.07) is 13.1. The second-order valence-corrected chi connectivity index (χ2v) is 5.85. The lowest BCUT2D eigenvalue weighted by molar-refractivity contribution is -0.121. The monoisotopic (exact) mass is 367 g/mol. The summed E-state index contributed by atoms with van der Waals surface area (Å²) >= 11 is 0. The van der Waals surface area contributed by atoms with E-state index in [9.17, 15) is 4.79 Å². The number of rotatable bonds is 7. The Morgan fingerprint density at radius 2 is 1.93 bits per heavy atom. The summed E-state index contributed by atoms with van der Waals surface area (Å²) in [5, 5.41) is 12.3. The molecule has 0 bridgehead atoms. The van der Waals surface area contributed by atoms with Crippen molar-refractivity contribution in [1.29, 1.82) is 0 Å². The van der Waals surface area contributed by atoms with E-state index < -0.39 is 0 Å². The van der Waals surface area contributed by atoms with Crippen molar-refractivity contribution in [2.45, 2.75) is 19.9 Å². The number of amides is 1. The van der Waals surface area contributed by atoms with Crippen molar-refractivity contribution in [3.05, 3.63) is 48.0 Å². The number of benzene rings is 2. The highest BCUT2D eigenvalue weighted by Gasteiger charge is 2.08. The number of ether oxygens (including phenoxy) is 2. The first-order chi connectivity index (χ1) is 13.1. The van der Waals surface area contributed by atoms with Gasteiger partial charge in [-0.2, -0.15) is 5.10 Å². The quantitative estimate of drug-likeness (QED) is 0.511. The Morgan fingerprint density at radius 1 is 1.15 bits per heavy atom. The molecule has 0 saturated carbocycles. The minimum absolute atomic E-state index is 0.200. The molecule has 1 N–H and O–H groups in total. The van der Waals surface area contributed by atoms with E-state index in [0.29, 0.717) is 23.8 Å². The van der Waals surface area contributed by atoms with Crippen molar-refractivity contribution in [2.75, 3.05) is 14.2 Å². The Morgan fingerprint density at radius 3 is 2.70 bits per heavy atom. The van der Waals surface area contributed by atoms with Gasteiger partial charge in [-0.25, -0.2) is 10.1 Å². The van der Waals surface area contributed by atoms with Gasteiger partial charge in [0, 0.05) is 12.0 Å². The highest BCUT2D eigenvalue weighted by Crippen LogP contribution is 2.27. The van der Waals surface area contributed by atoms with E-state index in [2.05, 4.69) is 20.8 Å². The van der Waals surface area contributed by atoms with Gasteiger partial charge < -0.3 is 9.47 Å². The summed E-state index contributed by atoms with van der Waals surface area (Å²) in [5.41, 5.74) is 5.77. The molecule has 27 heavy (non-hydrogen) atoms. The van der Waals surface area contributed by atoms with Crippen molar-refractivity contribution < 1.29 is 14.3 Å². The Hall–Kier alpha value is -3.42. The third kappa shape index (κ3) is 4.22. The summed E-state index contributed by atoms with van der Waals surface area (Å²) in [6.07, 6.45) is 0.246. The number of hydrazone groups is 1. The Kier molecular flexibility index (Phi) is 5.65. The molecular formula is C19H21N5O3. The van der Waals surface area contributed by atoms with E-state index in [0.717, 1.165) is 16.6 Å². The number of methoxy groups -OCH3 is 2. The van der Waals surface area contributed by atoms with Crippen LogP contribution in [0.1, 0.15) is 18.9 Å². The number of hydrogen-bond donors (Lipinski definition) is 1. The van der Waals surface area contributed by atoms with Crippen LogP contribution in [-0.2, 0) is 11.3 Å². The average molecular weight is 367 g/mol. The predicted octanol–water partition coefficient (Wildman–Crippen LogP) is 2.38. The van der Waals surface area contributed by atoms with Crippen molar-refractivity contribution in [3.63, 3.8) is 0 Å². The lowest BCUT2D eigenvalue weighted by Gasteiger charge is -2.09. The highest BCUT2D eigenvalue weighted by atomic mass is 16.5. The molecule has 0 aliphatic heterocycles. The van der Waals surface area contributed by atoms with E-state index in [1.54, 1.807) is 25.0 Å². The normalized spacial score (nSPS) is 11.4. The van der Waals surface area contributed by atoms with Crippen LogP contribution in [0.2, 0.25) is 0 Å². The SMILES string of the molecule is COc1ccc(C(C)=NNC(=O)CCn2nnc3ccccc32)cc1OC. The topological polar surface area (TPSA) is 90.6 Å². The molecule has 1 amide bonds. The number of carbonyl (C=O) groups excluding carboxylic acids is 1. The van der Waals surface area contributed by atoms with Crippen LogP contribution in [0.25, 0.3) is 11.0 Å². The number of fused-ring (bicyclic) bond motifs is 1. The first-order valence-electron chi connectivity index (χ1n) is 8.46. The van der Waals surface area contributed by atoms with E-state index in [1.165, 1.54) is 0 Å². The highest BCUT2D eigenvalue weighted by molar-refractivity contribution is 5.99. The van der Waals surface area contributed by atoms with Crippen LogP contribution in [-0.4, -0.2) is 40.8 Å². The summed E-state index contributed by atoms with van der Waals surface area (Å²) in [4.78, 5) is 12.1. The van der Waals surface area contributed by atoms with Crippen molar-refractivity contribution in [3.8, 4) is 11.5 Å². The molecule has 8 nitrogen and oxygen atoms in total. The second kappa shape index (κ2) is 8.31. The maximum Gasteiger partial charge on any atom is 0.241 e. The molecule has 0 aliphatic carbocycles. The Bertz CT molecular complexity index is 980. The molecule has 0 fully saturated rings. The zero-order valence-corrected chi connectivity index (χ0v) is 15.5. The third-order valence-electron chi connectivity index (χ3n) is 4.12. The smallest absolute Gasteiger partial charge is 0.241 e. The fraction of sp³-hybridized carbons (Fsp3) is 0.263. The zero-order chi connectivity index (χ0) is 19.2. The second-order valence-electron chi connectivity index (χ2n) is 5.85. The van der Waals surface area contributed by atoms with Gasteiger partial charge in [-0.3, -0.25) is 4.79 Å². The maximum absolute atomic E-state index is 12.1. The largest absolute Gasteiger partial charge is 0.493 e. The lowest BCUT2D eigenvalue weighted by atomic mass is 10.1. The van der Waals surface area contributed by atoms with E-state index in [1.807, 2.05) is 43.3 Å². The molecule has 0 aliphatic rings. The van der Waals surface area contributed by atoms with Crippen molar-refractivity contribution >= 4 is 22.7 Å². The van der Waals surface area contributed by atoms with Gasteiger partial charge in [-0.1, -0.05) is 17.3 Å². The number of carbonyl (C=O) groups is 1. The standard InChI is InChI=1S/C19H21N5O3/c1-13(14-8-9-17(26-2)18(12-14)27-3)20-22-19(25)10-11-24-16-7-5-4-6-15(16)21-23-24/h4-9,12H,10-11H2,1-3H3,(H,22,25). The molecule has 140 valence electrons. The summed E-state index contributed by atoms with van der Waals surface area (Å²) < 4.78 is 12.2. The fourth-order valence-corrected chi connectivity index (χ4v) is 2.62. The van der Waals surface area contributed by atoms with Gasteiger partial charge in [0.25, 0.3) is 0 Å². The summed E-state index contributed by atoms with van der Waals surface area (Å²) in [6.45, 7) is 2.24. The number of nitrogens with zero attached hydrogens (tertiary/aromatic N) is 4. The zero-order valence-electron chi connectivity index (χ0n) is 15.5. The molecule has 1 aromatic heterocycles. The number of nitrogens with one attached hydrogen (secondary N) is 1. The molecule has 0 saturated heterocycles. The molecule has 0 unspecified atom stereocenters. The molecule has 3 rings (SSSR count). The number of aryl methyl sites for hydroxylation is 1. The van der Waals surface area contributed by atoms with Crippen LogP contribution in [0.3, 0.4) is 0 Å². The number of hydrogen-bond acceptors (Lipinski definition) is 6. The van der Waals surface area contributed by atoms with Crippen LogP contribution in [0.15, 0.2) is 47.6 Å². The molecule has 8 heteroatoms. The predicted molar refractivity (Wildman–Crippen MR) is 102 cm³/mol. The number of para-hydroxylation sites is 1. The van der Waals surface area contributed by atoms with Gasteiger partial charge in [-0.05, 0) is 37.3 Å². The lowest BCUT2D eigenvalue weighted by Crippen LogP contribution is -2.21. The van der Waals surface area contributed by atoms with E-state index in [-0.39, 0.29) is 12.3 Å². The van der Waals surface area contributed by atoms with E-state index >= 15 is 0 Å². The average Bonchev–Trinajstić information content (AvgIpc) is 3.13. The minimum atomic E-state index is -0.200. The molecule has 0 atom stereocenters. The molecular weight excluding hydrogens is 346 g/mol. The summed E-state index contributed by atoms with van der Waals surface area (Å²) in [7, 11) is 3.15. The fourth-order valence-electron chi connectivity index (χ4n) is 2.62. The third-order valence-corrected chi connectivity index (χ3v) is 4.12. The van der Waals surface area contributed by atoms with Crippen molar-refractivity contribution in [1.82, 2.24) is 20.4 Å². The van der Waals surface area contributed by atoms with Crippen LogP contribution in [0.5, 0.6) is 11.5 Å². The van der Waals surface area contributed by atoms with Gasteiger partial charge in [0.1, 0.15) is 5.52 Å². The maximum atomic E-state index is 12.1. The van der Waals surface area contributed by atoms with E-state index in [4.69, 9.17) is 9.47 Å². The van der Waals surface area contributed by atoms with Crippen LogP contribution in [0.4, 0.5) is 0 Å². The molecule has 3 aromatic rings. The minimum Gasteiger partial charge on any atom is -0.493 e. The summed E-state index contributed by atoms with van der Waals surface area (Å²) in [5.74, 6) is 1.04. The molecule has 2 aromatic carbocycles. The van der Waals surface area contributed by atoms with Crippen LogP contribution < -0.4 is 14.9 Å². The van der Waals surface area contributed by atoms with Gasteiger partial charge in [-0.15, -0.1) is 5.10 Å². The van der Waals surface area contributed by atoms with Crippen molar-refractivity contribution in [2.24, 2.45) is 5.10 Å². The van der Waals surface area contributed by atoms with Crippen LogP contribution >= 0.6 is 0 Å². The molecule has 0 radical (unpaired) electrons. The molecule has 1 heterocycles. The van der Waals surface area contributed by atoms with Gasteiger partial charge in [0.05, 0.1) is 32.0 Å². The van der Waals surface area contributed by atoms with Gasteiger partial charge in [0.2, 0.25) is 5.91 Å². The first kappa shape index (κ1) is 18.4. The van der Waals surface area contributed by atoms with Gasteiger partial charge >= 0.3 is 0 Å². The first-order valence-corrected chi connectivity index (χ1v) is 8.46. The molecule has 0 spiro atoms. The Balaban J connectivity index is 1.60. The number of aromatic nitrogens is 3. The van der Waals surface area contributed by atoms with Gasteiger partial charge in [0.15, 0.2) is 11.5 Å². The Labute approximate surface area is 156 Å².